The van der Waals surface area contributed by atoms with Crippen molar-refractivity contribution in [3.63, 3.8) is 0 Å². The van der Waals surface area contributed by atoms with Crippen molar-refractivity contribution in [2.24, 2.45) is 0 Å². The molecule has 0 bridgehead atoms. The minimum Gasteiger partial charge on any atom is -0.249 e. The molecule has 0 spiro atoms. The van der Waals surface area contributed by atoms with Gasteiger partial charge in [-0.05, 0) is 30.5 Å². The van der Waals surface area contributed by atoms with E-state index in [-0.39, 0.29) is 0 Å². The van der Waals surface area contributed by atoms with Gasteiger partial charge in [-0.2, -0.15) is 0 Å². The molecular formula is C24H37N2O2S2. The summed E-state index contributed by atoms with van der Waals surface area (Å²) in [4.78, 5) is 0.790. The van der Waals surface area contributed by atoms with Gasteiger partial charge in [0.25, 0.3) is 0 Å². The smallest absolute Gasteiger partial charge is 0.249 e. The van der Waals surface area contributed by atoms with Gasteiger partial charge in [0.2, 0.25) is 10.0 Å². The molecule has 0 amide bonds. The SMILES string of the molecule is CCCCCCCCCCCCNS(=O)(=O)c1ccc(C([NH])Cc2ccccc2)s1. The minimum absolute atomic E-state index is 0.315. The molecule has 4 nitrogen and oxygen atoms in total. The van der Waals surface area contributed by atoms with Crippen LogP contribution < -0.4 is 10.5 Å². The van der Waals surface area contributed by atoms with Crippen LogP contribution in [0.4, 0.5) is 0 Å². The number of sulfonamides is 1. The first-order chi connectivity index (χ1) is 14.5. The van der Waals surface area contributed by atoms with Gasteiger partial charge in [0.1, 0.15) is 4.21 Å². The van der Waals surface area contributed by atoms with Crippen molar-refractivity contribution in [3.05, 3.63) is 52.9 Å². The van der Waals surface area contributed by atoms with Crippen molar-refractivity contribution < 1.29 is 8.42 Å². The largest absolute Gasteiger partial charge is 0.250 e. The molecule has 0 aliphatic rings. The maximum atomic E-state index is 12.5. The topological polar surface area (TPSA) is 70.0 Å². The molecule has 1 atom stereocenters. The van der Waals surface area contributed by atoms with Gasteiger partial charge in [-0.1, -0.05) is 95.0 Å². The zero-order chi connectivity index (χ0) is 21.7. The summed E-state index contributed by atoms with van der Waals surface area (Å²) < 4.78 is 28.1. The number of hydrogen-bond acceptors (Lipinski definition) is 3. The first kappa shape index (κ1) is 25.1. The highest BCUT2D eigenvalue weighted by molar-refractivity contribution is 7.91. The van der Waals surface area contributed by atoms with Gasteiger partial charge in [0, 0.05) is 11.4 Å². The monoisotopic (exact) mass is 449 g/mol. The highest BCUT2D eigenvalue weighted by Crippen LogP contribution is 2.28. The van der Waals surface area contributed by atoms with Crippen molar-refractivity contribution >= 4 is 21.4 Å². The van der Waals surface area contributed by atoms with E-state index in [2.05, 4.69) is 11.6 Å². The van der Waals surface area contributed by atoms with Gasteiger partial charge < -0.3 is 0 Å². The van der Waals surface area contributed by atoms with Crippen molar-refractivity contribution in [3.8, 4) is 0 Å². The molecule has 2 aromatic rings. The molecule has 0 aliphatic heterocycles. The summed E-state index contributed by atoms with van der Waals surface area (Å²) in [7, 11) is -3.47. The van der Waals surface area contributed by atoms with Crippen LogP contribution in [0, 0.1) is 0 Å². The van der Waals surface area contributed by atoms with Gasteiger partial charge in [-0.3, -0.25) is 0 Å². The Hall–Kier alpha value is -1.21. The predicted molar refractivity (Wildman–Crippen MR) is 127 cm³/mol. The van der Waals surface area contributed by atoms with Crippen LogP contribution in [0.15, 0.2) is 46.7 Å². The number of nitrogens with one attached hydrogen (secondary N) is 2. The van der Waals surface area contributed by atoms with E-state index in [1.807, 2.05) is 30.3 Å². The normalized spacial score (nSPS) is 12.9. The van der Waals surface area contributed by atoms with Gasteiger partial charge >= 0.3 is 0 Å². The quantitative estimate of drug-likeness (QED) is 0.297. The molecule has 167 valence electrons. The Morgan fingerprint density at radius 1 is 0.867 bits per heavy atom. The third-order valence-corrected chi connectivity index (χ3v) is 8.47. The predicted octanol–water partition coefficient (Wildman–Crippen LogP) is 6.51. The maximum absolute atomic E-state index is 12.5. The molecule has 2 rings (SSSR count). The molecule has 0 saturated carbocycles. The van der Waals surface area contributed by atoms with E-state index in [0.717, 1.165) is 23.3 Å². The molecule has 0 aliphatic carbocycles. The molecule has 1 aromatic carbocycles. The van der Waals surface area contributed by atoms with E-state index < -0.39 is 16.1 Å². The second-order valence-corrected chi connectivity index (χ2v) is 11.1. The van der Waals surface area contributed by atoms with Crippen LogP contribution in [0.3, 0.4) is 0 Å². The van der Waals surface area contributed by atoms with E-state index in [1.54, 1.807) is 12.1 Å². The summed E-state index contributed by atoms with van der Waals surface area (Å²) in [6.07, 6.45) is 12.9. The number of rotatable bonds is 16. The molecule has 1 aromatic heterocycles. The van der Waals surface area contributed by atoms with E-state index in [0.29, 0.717) is 17.2 Å². The van der Waals surface area contributed by atoms with E-state index >= 15 is 0 Å². The highest BCUT2D eigenvalue weighted by Gasteiger charge is 2.19. The zero-order valence-corrected chi connectivity index (χ0v) is 19.9. The number of benzene rings is 1. The molecule has 6 heteroatoms. The Balaban J connectivity index is 1.65. The standard InChI is InChI=1S/C24H37N2O2S2/c1-2-3-4-5-6-7-8-9-10-14-19-26-30(27,28)24-18-17-23(29-24)22(25)20-21-15-12-11-13-16-21/h11-13,15-18,22,25-26H,2-10,14,19-20H2,1H3. The first-order valence-corrected chi connectivity index (χ1v) is 13.7. The average Bonchev–Trinajstić information content (AvgIpc) is 3.24. The molecule has 1 heterocycles. The average molecular weight is 450 g/mol. The summed E-state index contributed by atoms with van der Waals surface area (Å²) in [5.41, 5.74) is 9.45. The van der Waals surface area contributed by atoms with Gasteiger partial charge in [0.05, 0.1) is 6.04 Å². The van der Waals surface area contributed by atoms with Crippen LogP contribution in [0.5, 0.6) is 0 Å². The third-order valence-electron chi connectivity index (χ3n) is 5.32. The maximum Gasteiger partial charge on any atom is 0.250 e. The van der Waals surface area contributed by atoms with Gasteiger partial charge in [-0.25, -0.2) is 18.9 Å². The lowest BCUT2D eigenvalue weighted by Gasteiger charge is -2.08. The lowest BCUT2D eigenvalue weighted by atomic mass is 10.1. The lowest BCUT2D eigenvalue weighted by Crippen LogP contribution is -2.23. The van der Waals surface area contributed by atoms with Crippen LogP contribution in [-0.4, -0.2) is 15.0 Å². The van der Waals surface area contributed by atoms with Crippen LogP contribution >= 0.6 is 11.3 Å². The van der Waals surface area contributed by atoms with Crippen molar-refractivity contribution in [2.75, 3.05) is 6.54 Å². The number of hydrogen-bond donors (Lipinski definition) is 1. The van der Waals surface area contributed by atoms with Crippen molar-refractivity contribution in [1.29, 1.82) is 0 Å². The van der Waals surface area contributed by atoms with Crippen molar-refractivity contribution in [2.45, 2.75) is 87.8 Å². The molecule has 1 radical (unpaired) electrons. The Morgan fingerprint density at radius 2 is 1.47 bits per heavy atom. The van der Waals surface area contributed by atoms with Crippen LogP contribution in [0.2, 0.25) is 0 Å². The van der Waals surface area contributed by atoms with E-state index in [4.69, 9.17) is 5.73 Å². The van der Waals surface area contributed by atoms with Crippen LogP contribution in [-0.2, 0) is 16.4 Å². The fourth-order valence-corrected chi connectivity index (χ4v) is 5.94. The van der Waals surface area contributed by atoms with Crippen LogP contribution in [0.25, 0.3) is 0 Å². The Kier molecular flexibility index (Phi) is 11.7. The molecular weight excluding hydrogens is 412 g/mol. The Morgan fingerprint density at radius 3 is 2.10 bits per heavy atom. The first-order valence-electron chi connectivity index (χ1n) is 11.4. The molecule has 1 unspecified atom stereocenters. The Labute approximate surface area is 187 Å². The summed E-state index contributed by atoms with van der Waals surface area (Å²) in [5.74, 6) is 0. The molecule has 2 N–H and O–H groups in total. The second-order valence-electron chi connectivity index (χ2n) is 7.98. The summed E-state index contributed by atoms with van der Waals surface area (Å²) in [5, 5.41) is 0. The summed E-state index contributed by atoms with van der Waals surface area (Å²) in [6.45, 7) is 2.73. The third kappa shape index (κ3) is 9.29. The lowest BCUT2D eigenvalue weighted by molar-refractivity contribution is 0.549. The van der Waals surface area contributed by atoms with E-state index in [1.165, 1.54) is 62.7 Å². The van der Waals surface area contributed by atoms with Gasteiger partial charge in [0.15, 0.2) is 0 Å². The summed E-state index contributed by atoms with van der Waals surface area (Å²) >= 11 is 1.21. The highest BCUT2D eigenvalue weighted by atomic mass is 32.2. The second kappa shape index (κ2) is 14.0. The minimum atomic E-state index is -3.47. The van der Waals surface area contributed by atoms with Gasteiger partial charge in [-0.15, -0.1) is 11.3 Å². The fraction of sp³-hybridized carbons (Fsp3) is 0.583. The number of thiophene rings is 1. The van der Waals surface area contributed by atoms with Crippen LogP contribution in [0.1, 0.15) is 87.6 Å². The Bertz CT molecular complexity index is 804. The van der Waals surface area contributed by atoms with Crippen molar-refractivity contribution in [1.82, 2.24) is 10.5 Å². The molecule has 0 fully saturated rings. The number of unbranched alkanes of at least 4 members (excludes halogenated alkanes) is 9. The zero-order valence-electron chi connectivity index (χ0n) is 18.2. The fourth-order valence-electron chi connectivity index (χ4n) is 3.51. The molecule has 30 heavy (non-hydrogen) atoms. The van der Waals surface area contributed by atoms with E-state index in [9.17, 15) is 8.42 Å². The summed E-state index contributed by atoms with van der Waals surface area (Å²) in [6, 6.07) is 12.9. The molecule has 0 saturated heterocycles.